The fourth-order valence-electron chi connectivity index (χ4n) is 2.49. The standard InChI is InChI=1S/C16H12O4P.Pd/c1-5-13(17-9-1)21(14-6-2-10-18-14,15-7-3-11-19-15)16-8-4-12-20-16;/h1-12H;/q+1;. The molecule has 4 aromatic heterocycles. The van der Waals surface area contributed by atoms with Crippen LogP contribution in [0.3, 0.4) is 0 Å². The molecule has 0 N–H and O–H groups in total. The Kier molecular flexibility index (Phi) is 4.22. The summed E-state index contributed by atoms with van der Waals surface area (Å²) in [5, 5.41) is 0. The quantitative estimate of drug-likeness (QED) is 0.387. The van der Waals surface area contributed by atoms with Gasteiger partial charge in [-0.25, -0.2) is 0 Å². The molecule has 0 saturated heterocycles. The molecule has 0 radical (unpaired) electrons. The third-order valence-corrected chi connectivity index (χ3v) is 7.01. The molecule has 4 nitrogen and oxygen atoms in total. The Morgan fingerprint density at radius 2 is 0.773 bits per heavy atom. The van der Waals surface area contributed by atoms with Crippen molar-refractivity contribution in [2.24, 2.45) is 0 Å². The Morgan fingerprint density at radius 1 is 0.500 bits per heavy atom. The molecule has 0 unspecified atom stereocenters. The molecule has 0 atom stereocenters. The maximum atomic E-state index is 5.74. The second kappa shape index (κ2) is 6.14. The normalized spacial score (nSPS) is 11.3. The Hall–Kier alpha value is -1.79. The van der Waals surface area contributed by atoms with Crippen LogP contribution < -0.4 is 22.0 Å². The van der Waals surface area contributed by atoms with Crippen molar-refractivity contribution < 1.29 is 38.1 Å². The molecule has 0 aliphatic carbocycles. The van der Waals surface area contributed by atoms with Crippen molar-refractivity contribution >= 4 is 29.3 Å². The Bertz CT molecular complexity index is 644. The van der Waals surface area contributed by atoms with E-state index in [0.717, 1.165) is 22.0 Å². The summed E-state index contributed by atoms with van der Waals surface area (Å²) in [7, 11) is -2.38. The molecule has 0 aliphatic heterocycles. The summed E-state index contributed by atoms with van der Waals surface area (Å²) in [5.41, 5.74) is 3.12. The number of rotatable bonds is 4. The molecule has 4 heterocycles. The van der Waals surface area contributed by atoms with E-state index in [-0.39, 0.29) is 20.4 Å². The molecule has 22 heavy (non-hydrogen) atoms. The zero-order valence-corrected chi connectivity index (χ0v) is 13.8. The molecule has 0 fully saturated rings. The van der Waals surface area contributed by atoms with Crippen LogP contribution in [0.2, 0.25) is 0 Å². The molecule has 4 rings (SSSR count). The molecule has 0 aliphatic rings. The van der Waals surface area contributed by atoms with E-state index in [1.54, 1.807) is 25.1 Å². The monoisotopic (exact) mass is 405 g/mol. The molecule has 6 heteroatoms. The van der Waals surface area contributed by atoms with Gasteiger partial charge >= 0.3 is 0 Å². The first kappa shape index (κ1) is 15.1. The Morgan fingerprint density at radius 3 is 0.955 bits per heavy atom. The number of furan rings is 4. The summed E-state index contributed by atoms with van der Waals surface area (Å²) < 4.78 is 23.0. The largest absolute Gasteiger partial charge is 0.434 e. The van der Waals surface area contributed by atoms with Crippen LogP contribution in [0.15, 0.2) is 91.3 Å². The van der Waals surface area contributed by atoms with Gasteiger partial charge in [0, 0.05) is 44.7 Å². The van der Waals surface area contributed by atoms with Gasteiger partial charge in [0.1, 0.15) is 0 Å². The van der Waals surface area contributed by atoms with E-state index in [2.05, 4.69) is 0 Å². The zero-order valence-electron chi connectivity index (χ0n) is 11.3. The topological polar surface area (TPSA) is 52.6 Å². The van der Waals surface area contributed by atoms with Crippen LogP contribution in [0.1, 0.15) is 0 Å². The van der Waals surface area contributed by atoms with E-state index in [9.17, 15) is 0 Å². The smallest absolute Gasteiger partial charge is 0.294 e. The van der Waals surface area contributed by atoms with Crippen LogP contribution in [0, 0.1) is 0 Å². The van der Waals surface area contributed by atoms with Crippen LogP contribution >= 0.6 is 7.26 Å². The molecular formula is C16H12O4PPd+. The average molecular weight is 406 g/mol. The Labute approximate surface area is 141 Å². The Balaban J connectivity index is 0.00000144. The van der Waals surface area contributed by atoms with Gasteiger partial charge in [-0.05, 0) is 24.3 Å². The van der Waals surface area contributed by atoms with Crippen molar-refractivity contribution in [1.82, 2.24) is 0 Å². The SMILES string of the molecule is [Pd].c1coc([P+](c2ccco2)(c2ccco2)c2ccco2)c1. The first-order valence-corrected chi connectivity index (χ1v) is 8.26. The fraction of sp³-hybridized carbons (Fsp3) is 0. The van der Waals surface area contributed by atoms with Crippen LogP contribution in [-0.4, -0.2) is 0 Å². The number of hydrogen-bond acceptors (Lipinski definition) is 4. The molecule has 114 valence electrons. The fourth-order valence-corrected chi connectivity index (χ4v) is 5.91. The van der Waals surface area contributed by atoms with Gasteiger partial charge in [-0.3, -0.25) is 0 Å². The molecular weight excluding hydrogens is 394 g/mol. The maximum absolute atomic E-state index is 5.74. The van der Waals surface area contributed by atoms with Gasteiger partial charge in [0.05, 0.1) is 25.1 Å². The van der Waals surface area contributed by atoms with Crippen molar-refractivity contribution in [1.29, 1.82) is 0 Å². The van der Waals surface area contributed by atoms with Crippen LogP contribution in [0.25, 0.3) is 0 Å². The molecule has 0 aromatic carbocycles. The minimum absolute atomic E-state index is 0. The second-order valence-electron chi connectivity index (χ2n) is 4.48. The molecule has 0 amide bonds. The van der Waals surface area contributed by atoms with Gasteiger partial charge in [0.15, 0.2) is 0 Å². The summed E-state index contributed by atoms with van der Waals surface area (Å²) in [4.78, 5) is 0. The zero-order chi connectivity index (χ0) is 14.1. The molecule has 4 aromatic rings. The van der Waals surface area contributed by atoms with Crippen molar-refractivity contribution in [2.75, 3.05) is 0 Å². The average Bonchev–Trinajstić information content (AvgIpc) is 3.32. The van der Waals surface area contributed by atoms with Gasteiger partial charge in [0.2, 0.25) is 0 Å². The van der Waals surface area contributed by atoms with Gasteiger partial charge in [-0.2, -0.15) is 0 Å². The van der Waals surface area contributed by atoms with Gasteiger partial charge in [-0.15, -0.1) is 0 Å². The minimum Gasteiger partial charge on any atom is -0.434 e. The van der Waals surface area contributed by atoms with E-state index in [1.807, 2.05) is 48.5 Å². The van der Waals surface area contributed by atoms with Crippen molar-refractivity contribution in [2.45, 2.75) is 0 Å². The third-order valence-electron chi connectivity index (χ3n) is 3.35. The molecule has 0 saturated carbocycles. The van der Waals surface area contributed by atoms with E-state index < -0.39 is 7.26 Å². The van der Waals surface area contributed by atoms with Crippen LogP contribution in [0.5, 0.6) is 0 Å². The maximum Gasteiger partial charge on any atom is 0.294 e. The van der Waals surface area contributed by atoms with E-state index in [1.165, 1.54) is 0 Å². The molecule has 0 spiro atoms. The first-order chi connectivity index (χ1) is 10.4. The van der Waals surface area contributed by atoms with Crippen molar-refractivity contribution in [3.63, 3.8) is 0 Å². The van der Waals surface area contributed by atoms with Crippen LogP contribution in [-0.2, 0) is 20.4 Å². The van der Waals surface area contributed by atoms with Gasteiger partial charge < -0.3 is 17.7 Å². The third kappa shape index (κ3) is 2.14. The van der Waals surface area contributed by atoms with E-state index in [4.69, 9.17) is 17.7 Å². The minimum atomic E-state index is -2.38. The predicted octanol–water partition coefficient (Wildman–Crippen LogP) is 2.68. The summed E-state index contributed by atoms with van der Waals surface area (Å²) in [5.74, 6) is 0. The summed E-state index contributed by atoms with van der Waals surface area (Å²) >= 11 is 0. The van der Waals surface area contributed by atoms with Crippen LogP contribution in [0.4, 0.5) is 0 Å². The summed E-state index contributed by atoms with van der Waals surface area (Å²) in [6, 6.07) is 15.2. The summed E-state index contributed by atoms with van der Waals surface area (Å²) in [6.07, 6.45) is 6.61. The van der Waals surface area contributed by atoms with E-state index >= 15 is 0 Å². The number of hydrogen-bond donors (Lipinski definition) is 0. The molecule has 0 bridgehead atoms. The van der Waals surface area contributed by atoms with Crippen molar-refractivity contribution in [3.8, 4) is 0 Å². The summed E-state index contributed by atoms with van der Waals surface area (Å²) in [6.45, 7) is 0. The van der Waals surface area contributed by atoms with Crippen molar-refractivity contribution in [3.05, 3.63) is 73.6 Å². The predicted molar refractivity (Wildman–Crippen MR) is 80.3 cm³/mol. The van der Waals surface area contributed by atoms with Gasteiger partial charge in [0.25, 0.3) is 29.3 Å². The second-order valence-corrected chi connectivity index (χ2v) is 7.58. The first-order valence-electron chi connectivity index (χ1n) is 6.48. The van der Waals surface area contributed by atoms with Gasteiger partial charge in [-0.1, -0.05) is 0 Å². The van der Waals surface area contributed by atoms with E-state index in [0.29, 0.717) is 0 Å².